The Morgan fingerprint density at radius 1 is 1.03 bits per heavy atom. The molecule has 150 valence electrons. The molecular weight excluding hydrogens is 396 g/mol. The highest BCUT2D eigenvalue weighted by Gasteiger charge is 2.13. The number of aromatic nitrogens is 2. The van der Waals surface area contributed by atoms with E-state index in [4.69, 9.17) is 25.6 Å². The third-order valence-electron chi connectivity index (χ3n) is 3.97. The maximum Gasteiger partial charge on any atom is 0.306 e. The standard InChI is InChI=1S/C21H19ClN2O5/c1-2-27-17-9-5-14(6-10-17)18(25)11-12-20(26)28-13-19-23-21(24-29-19)15-3-7-16(22)8-4-15/h3-10H,2,11-13H2,1H3. The van der Waals surface area contributed by atoms with Crippen molar-refractivity contribution in [3.8, 4) is 17.1 Å². The lowest BCUT2D eigenvalue weighted by atomic mass is 10.1. The second-order valence-electron chi connectivity index (χ2n) is 6.06. The van der Waals surface area contributed by atoms with E-state index < -0.39 is 5.97 Å². The predicted octanol–water partition coefficient (Wildman–Crippen LogP) is 4.50. The number of hydrogen-bond acceptors (Lipinski definition) is 7. The molecule has 0 N–H and O–H groups in total. The van der Waals surface area contributed by atoms with Crippen molar-refractivity contribution in [3.63, 3.8) is 0 Å². The Hall–Kier alpha value is -3.19. The first-order valence-corrected chi connectivity index (χ1v) is 9.43. The van der Waals surface area contributed by atoms with Crippen LogP contribution >= 0.6 is 11.6 Å². The van der Waals surface area contributed by atoms with Gasteiger partial charge in [0.2, 0.25) is 5.82 Å². The largest absolute Gasteiger partial charge is 0.494 e. The fourth-order valence-corrected chi connectivity index (χ4v) is 2.63. The van der Waals surface area contributed by atoms with Crippen molar-refractivity contribution >= 4 is 23.4 Å². The topological polar surface area (TPSA) is 91.5 Å². The number of ketones is 1. The van der Waals surface area contributed by atoms with Crippen molar-refractivity contribution < 1.29 is 23.6 Å². The van der Waals surface area contributed by atoms with Gasteiger partial charge in [-0.2, -0.15) is 4.98 Å². The van der Waals surface area contributed by atoms with Crippen molar-refractivity contribution in [1.82, 2.24) is 10.1 Å². The number of benzene rings is 2. The Morgan fingerprint density at radius 3 is 2.45 bits per heavy atom. The number of carbonyl (C=O) groups is 2. The lowest BCUT2D eigenvalue weighted by molar-refractivity contribution is -0.145. The number of Topliss-reactive ketones (excluding diaryl/α,β-unsaturated/α-hetero) is 1. The van der Waals surface area contributed by atoms with Crippen LogP contribution in [0.25, 0.3) is 11.4 Å². The average molecular weight is 415 g/mol. The maximum atomic E-state index is 12.2. The summed E-state index contributed by atoms with van der Waals surface area (Å²) in [6.45, 7) is 2.29. The van der Waals surface area contributed by atoms with E-state index >= 15 is 0 Å². The molecular formula is C21H19ClN2O5. The highest BCUT2D eigenvalue weighted by Crippen LogP contribution is 2.19. The summed E-state index contributed by atoms with van der Waals surface area (Å²) in [7, 11) is 0. The molecule has 2 aromatic carbocycles. The first-order chi connectivity index (χ1) is 14.0. The van der Waals surface area contributed by atoms with Gasteiger partial charge in [-0.25, -0.2) is 0 Å². The first kappa shape index (κ1) is 20.5. The van der Waals surface area contributed by atoms with Crippen LogP contribution in [0.2, 0.25) is 5.02 Å². The third-order valence-corrected chi connectivity index (χ3v) is 4.22. The normalized spacial score (nSPS) is 10.6. The minimum Gasteiger partial charge on any atom is -0.494 e. The summed E-state index contributed by atoms with van der Waals surface area (Å²) >= 11 is 5.85. The van der Waals surface area contributed by atoms with Crippen LogP contribution in [0, 0.1) is 0 Å². The molecule has 1 heterocycles. The van der Waals surface area contributed by atoms with Gasteiger partial charge in [-0.15, -0.1) is 0 Å². The zero-order chi connectivity index (χ0) is 20.6. The molecule has 0 aliphatic rings. The number of nitrogens with zero attached hydrogens (tertiary/aromatic N) is 2. The summed E-state index contributed by atoms with van der Waals surface area (Å²) in [6, 6.07) is 13.8. The lowest BCUT2D eigenvalue weighted by Crippen LogP contribution is -2.08. The van der Waals surface area contributed by atoms with Gasteiger partial charge in [0.15, 0.2) is 12.4 Å². The maximum absolute atomic E-state index is 12.2. The number of hydrogen-bond donors (Lipinski definition) is 0. The van der Waals surface area contributed by atoms with Crippen molar-refractivity contribution in [2.45, 2.75) is 26.4 Å². The van der Waals surface area contributed by atoms with Gasteiger partial charge in [0, 0.05) is 22.6 Å². The van der Waals surface area contributed by atoms with Crippen LogP contribution in [0.4, 0.5) is 0 Å². The van der Waals surface area contributed by atoms with Crippen LogP contribution in [0.15, 0.2) is 53.1 Å². The van der Waals surface area contributed by atoms with E-state index in [9.17, 15) is 9.59 Å². The summed E-state index contributed by atoms with van der Waals surface area (Å²) in [4.78, 5) is 28.3. The SMILES string of the molecule is CCOc1ccc(C(=O)CCC(=O)OCc2nc(-c3ccc(Cl)cc3)no2)cc1. The van der Waals surface area contributed by atoms with E-state index in [2.05, 4.69) is 10.1 Å². The minimum atomic E-state index is -0.518. The quantitative estimate of drug-likeness (QED) is 0.376. The zero-order valence-corrected chi connectivity index (χ0v) is 16.5. The highest BCUT2D eigenvalue weighted by atomic mass is 35.5. The smallest absolute Gasteiger partial charge is 0.306 e. The number of carbonyl (C=O) groups excluding carboxylic acids is 2. The van der Waals surface area contributed by atoms with Crippen LogP contribution < -0.4 is 4.74 Å². The number of ether oxygens (including phenoxy) is 2. The van der Waals surface area contributed by atoms with E-state index in [1.54, 1.807) is 48.5 Å². The summed E-state index contributed by atoms with van der Waals surface area (Å²) < 4.78 is 15.5. The molecule has 0 spiro atoms. The Kier molecular flexibility index (Phi) is 6.97. The number of esters is 1. The lowest BCUT2D eigenvalue weighted by Gasteiger charge is -2.05. The Bertz CT molecular complexity index is 967. The van der Waals surface area contributed by atoms with Crippen molar-refractivity contribution in [1.29, 1.82) is 0 Å². The van der Waals surface area contributed by atoms with Crippen LogP contribution in [-0.4, -0.2) is 28.5 Å². The molecule has 0 amide bonds. The summed E-state index contributed by atoms with van der Waals surface area (Å²) in [5, 5.41) is 4.45. The molecule has 0 unspecified atom stereocenters. The predicted molar refractivity (Wildman–Crippen MR) is 106 cm³/mol. The van der Waals surface area contributed by atoms with E-state index in [1.165, 1.54) is 0 Å². The van der Waals surface area contributed by atoms with Gasteiger partial charge >= 0.3 is 5.97 Å². The monoisotopic (exact) mass is 414 g/mol. The summed E-state index contributed by atoms with van der Waals surface area (Å²) in [5.74, 6) is 0.573. The van der Waals surface area contributed by atoms with Crippen molar-refractivity contribution in [3.05, 3.63) is 65.0 Å². The molecule has 1 aromatic heterocycles. The molecule has 29 heavy (non-hydrogen) atoms. The zero-order valence-electron chi connectivity index (χ0n) is 15.8. The third kappa shape index (κ3) is 5.89. The highest BCUT2D eigenvalue weighted by molar-refractivity contribution is 6.30. The summed E-state index contributed by atoms with van der Waals surface area (Å²) in [6.07, 6.45) is 0.0108. The van der Waals surface area contributed by atoms with Gasteiger partial charge in [0.25, 0.3) is 5.89 Å². The number of rotatable bonds is 9. The van der Waals surface area contributed by atoms with Gasteiger partial charge in [-0.1, -0.05) is 16.8 Å². The molecule has 7 nitrogen and oxygen atoms in total. The molecule has 3 rings (SSSR count). The average Bonchev–Trinajstić information content (AvgIpc) is 3.21. The fraction of sp³-hybridized carbons (Fsp3) is 0.238. The van der Waals surface area contributed by atoms with Crippen LogP contribution in [-0.2, 0) is 16.1 Å². The van der Waals surface area contributed by atoms with Gasteiger partial charge in [0.1, 0.15) is 5.75 Å². The van der Waals surface area contributed by atoms with Gasteiger partial charge in [-0.05, 0) is 55.5 Å². The summed E-state index contributed by atoms with van der Waals surface area (Å²) in [5.41, 5.74) is 1.25. The molecule has 0 bridgehead atoms. The van der Waals surface area contributed by atoms with Crippen LogP contribution in [0.5, 0.6) is 5.75 Å². The first-order valence-electron chi connectivity index (χ1n) is 9.05. The molecule has 0 aliphatic carbocycles. The van der Waals surface area contributed by atoms with Gasteiger partial charge < -0.3 is 14.0 Å². The second kappa shape index (κ2) is 9.84. The minimum absolute atomic E-state index is 0.0375. The molecule has 0 fully saturated rings. The van der Waals surface area contributed by atoms with Crippen LogP contribution in [0.3, 0.4) is 0 Å². The molecule has 8 heteroatoms. The van der Waals surface area contributed by atoms with Crippen molar-refractivity contribution in [2.75, 3.05) is 6.61 Å². The molecule has 0 aliphatic heterocycles. The molecule has 0 saturated carbocycles. The molecule has 0 saturated heterocycles. The molecule has 0 radical (unpaired) electrons. The van der Waals surface area contributed by atoms with E-state index in [0.717, 1.165) is 5.56 Å². The number of halogens is 1. The molecule has 3 aromatic rings. The molecule has 0 atom stereocenters. The Balaban J connectivity index is 1.45. The van der Waals surface area contributed by atoms with Crippen LogP contribution in [0.1, 0.15) is 36.0 Å². The Morgan fingerprint density at radius 2 is 1.76 bits per heavy atom. The van der Waals surface area contributed by atoms with E-state index in [1.807, 2.05) is 6.92 Å². The fourth-order valence-electron chi connectivity index (χ4n) is 2.51. The second-order valence-corrected chi connectivity index (χ2v) is 6.50. The van der Waals surface area contributed by atoms with Gasteiger partial charge in [0.05, 0.1) is 13.0 Å². The van der Waals surface area contributed by atoms with Crippen molar-refractivity contribution in [2.24, 2.45) is 0 Å². The Labute approximate surface area is 172 Å². The van der Waals surface area contributed by atoms with E-state index in [0.29, 0.717) is 28.8 Å². The van der Waals surface area contributed by atoms with Gasteiger partial charge in [-0.3, -0.25) is 9.59 Å². The van der Waals surface area contributed by atoms with E-state index in [-0.39, 0.29) is 31.1 Å².